The first kappa shape index (κ1) is 18.1. The molecular formula is C17H23N3O4. The van der Waals surface area contributed by atoms with E-state index in [1.165, 1.54) is 0 Å². The molecule has 0 saturated carbocycles. The van der Waals surface area contributed by atoms with Crippen LogP contribution in [0.5, 0.6) is 0 Å². The molecule has 2 rings (SSSR count). The van der Waals surface area contributed by atoms with Crippen molar-refractivity contribution in [1.82, 2.24) is 16.0 Å². The zero-order chi connectivity index (χ0) is 17.4. The maximum Gasteiger partial charge on any atom is 0.251 e. The highest BCUT2D eigenvalue weighted by molar-refractivity contribution is 6.03. The molecule has 24 heavy (non-hydrogen) atoms. The van der Waals surface area contributed by atoms with Crippen LogP contribution in [0.4, 0.5) is 0 Å². The SMILES string of the molecule is COCCNCCNC(=O)c1ccc(CC2CC(=O)NC2=O)cc1. The maximum atomic E-state index is 12.0. The number of amides is 3. The Hall–Kier alpha value is -2.25. The van der Waals surface area contributed by atoms with Gasteiger partial charge >= 0.3 is 0 Å². The second kappa shape index (κ2) is 9.14. The molecule has 1 heterocycles. The van der Waals surface area contributed by atoms with Gasteiger partial charge in [-0.05, 0) is 24.1 Å². The summed E-state index contributed by atoms with van der Waals surface area (Å²) < 4.78 is 4.92. The average Bonchev–Trinajstić information content (AvgIpc) is 2.88. The molecule has 1 aliphatic rings. The van der Waals surface area contributed by atoms with Crippen LogP contribution in [-0.4, -0.2) is 51.1 Å². The van der Waals surface area contributed by atoms with E-state index in [0.29, 0.717) is 31.7 Å². The molecule has 1 fully saturated rings. The number of nitrogens with one attached hydrogen (secondary N) is 3. The summed E-state index contributed by atoms with van der Waals surface area (Å²) in [6.07, 6.45) is 0.736. The number of carbonyl (C=O) groups excluding carboxylic acids is 3. The minimum absolute atomic E-state index is 0.135. The predicted molar refractivity (Wildman–Crippen MR) is 88.5 cm³/mol. The molecule has 1 aromatic carbocycles. The van der Waals surface area contributed by atoms with Crippen LogP contribution in [0.1, 0.15) is 22.3 Å². The van der Waals surface area contributed by atoms with Crippen LogP contribution in [0.25, 0.3) is 0 Å². The molecule has 7 nitrogen and oxygen atoms in total. The van der Waals surface area contributed by atoms with Gasteiger partial charge in [0.05, 0.1) is 12.5 Å². The minimum Gasteiger partial charge on any atom is -0.383 e. The van der Waals surface area contributed by atoms with Gasteiger partial charge < -0.3 is 15.4 Å². The van der Waals surface area contributed by atoms with Gasteiger partial charge in [0.25, 0.3) is 5.91 Å². The quantitative estimate of drug-likeness (QED) is 0.432. The van der Waals surface area contributed by atoms with Gasteiger partial charge in [-0.15, -0.1) is 0 Å². The van der Waals surface area contributed by atoms with Crippen LogP contribution in [-0.2, 0) is 20.7 Å². The van der Waals surface area contributed by atoms with Crippen LogP contribution >= 0.6 is 0 Å². The summed E-state index contributed by atoms with van der Waals surface area (Å²) >= 11 is 0. The first-order chi connectivity index (χ1) is 11.6. The van der Waals surface area contributed by atoms with E-state index in [-0.39, 0.29) is 30.1 Å². The second-order valence-corrected chi connectivity index (χ2v) is 5.71. The van der Waals surface area contributed by atoms with Gasteiger partial charge in [-0.25, -0.2) is 0 Å². The standard InChI is InChI=1S/C17H23N3O4/c1-24-9-8-18-6-7-19-16(22)13-4-2-12(3-5-13)10-14-11-15(21)20-17(14)23/h2-5,14,18H,6-11H2,1H3,(H,19,22)(H,20,21,23). The number of imide groups is 1. The van der Waals surface area contributed by atoms with E-state index >= 15 is 0 Å². The molecule has 130 valence electrons. The zero-order valence-electron chi connectivity index (χ0n) is 13.8. The Morgan fingerprint density at radius 2 is 1.96 bits per heavy atom. The summed E-state index contributed by atoms with van der Waals surface area (Å²) in [5.41, 5.74) is 1.50. The molecule has 1 aromatic rings. The molecule has 0 radical (unpaired) electrons. The van der Waals surface area contributed by atoms with Crippen molar-refractivity contribution in [3.05, 3.63) is 35.4 Å². The molecule has 1 saturated heterocycles. The molecular weight excluding hydrogens is 310 g/mol. The molecule has 1 atom stereocenters. The third-order valence-corrected chi connectivity index (χ3v) is 3.83. The van der Waals surface area contributed by atoms with E-state index in [4.69, 9.17) is 4.74 Å². The van der Waals surface area contributed by atoms with Crippen molar-refractivity contribution in [1.29, 1.82) is 0 Å². The van der Waals surface area contributed by atoms with Crippen molar-refractivity contribution in [2.75, 3.05) is 33.4 Å². The van der Waals surface area contributed by atoms with E-state index in [1.807, 2.05) is 12.1 Å². The summed E-state index contributed by atoms with van der Waals surface area (Å²) in [5.74, 6) is -0.887. The third-order valence-electron chi connectivity index (χ3n) is 3.83. The predicted octanol–water partition coefficient (Wildman–Crippen LogP) is -0.142. The first-order valence-electron chi connectivity index (χ1n) is 8.00. The molecule has 1 unspecified atom stereocenters. The summed E-state index contributed by atoms with van der Waals surface area (Å²) in [4.78, 5) is 34.8. The van der Waals surface area contributed by atoms with Gasteiger partial charge in [-0.2, -0.15) is 0 Å². The smallest absolute Gasteiger partial charge is 0.251 e. The Bertz CT molecular complexity index is 586. The van der Waals surface area contributed by atoms with Gasteiger partial charge in [0.1, 0.15) is 0 Å². The van der Waals surface area contributed by atoms with Gasteiger partial charge in [-0.1, -0.05) is 12.1 Å². The monoisotopic (exact) mass is 333 g/mol. The van der Waals surface area contributed by atoms with Crippen molar-refractivity contribution in [2.45, 2.75) is 12.8 Å². The highest BCUT2D eigenvalue weighted by atomic mass is 16.5. The summed E-state index contributed by atoms with van der Waals surface area (Å²) in [6.45, 7) is 2.60. The van der Waals surface area contributed by atoms with Crippen LogP contribution in [0.2, 0.25) is 0 Å². The lowest BCUT2D eigenvalue weighted by molar-refractivity contribution is -0.125. The lowest BCUT2D eigenvalue weighted by Gasteiger charge is -2.08. The van der Waals surface area contributed by atoms with Crippen molar-refractivity contribution in [3.63, 3.8) is 0 Å². The lowest BCUT2D eigenvalue weighted by atomic mass is 9.97. The number of rotatable bonds is 9. The highest BCUT2D eigenvalue weighted by Crippen LogP contribution is 2.17. The van der Waals surface area contributed by atoms with Crippen molar-refractivity contribution in [3.8, 4) is 0 Å². The molecule has 0 aromatic heterocycles. The summed E-state index contributed by atoms with van der Waals surface area (Å²) in [6, 6.07) is 7.11. The fraction of sp³-hybridized carbons (Fsp3) is 0.471. The summed E-state index contributed by atoms with van der Waals surface area (Å²) in [5, 5.41) is 8.28. The fourth-order valence-corrected chi connectivity index (χ4v) is 2.51. The Kier molecular flexibility index (Phi) is 6.89. The van der Waals surface area contributed by atoms with Crippen LogP contribution < -0.4 is 16.0 Å². The topological polar surface area (TPSA) is 96.5 Å². The molecule has 3 N–H and O–H groups in total. The van der Waals surface area contributed by atoms with Crippen LogP contribution in [0, 0.1) is 5.92 Å². The zero-order valence-corrected chi connectivity index (χ0v) is 13.8. The number of methoxy groups -OCH3 is 1. The van der Waals surface area contributed by atoms with Gasteiger partial charge in [0.15, 0.2) is 0 Å². The van der Waals surface area contributed by atoms with Crippen molar-refractivity contribution < 1.29 is 19.1 Å². The molecule has 7 heteroatoms. The number of benzene rings is 1. The average molecular weight is 333 g/mol. The van der Waals surface area contributed by atoms with Gasteiger partial charge in [0, 0.05) is 38.7 Å². The van der Waals surface area contributed by atoms with Crippen molar-refractivity contribution in [2.24, 2.45) is 5.92 Å². The van der Waals surface area contributed by atoms with E-state index in [0.717, 1.165) is 12.1 Å². The van der Waals surface area contributed by atoms with E-state index in [9.17, 15) is 14.4 Å². The molecule has 0 aliphatic carbocycles. The molecule has 1 aliphatic heterocycles. The van der Waals surface area contributed by atoms with Crippen molar-refractivity contribution >= 4 is 17.7 Å². The third kappa shape index (κ3) is 5.43. The number of hydrogen-bond donors (Lipinski definition) is 3. The Balaban J connectivity index is 1.75. The minimum atomic E-state index is -0.310. The van der Waals surface area contributed by atoms with Gasteiger partial charge in [-0.3, -0.25) is 19.7 Å². The molecule has 3 amide bonds. The number of carbonyl (C=O) groups is 3. The van der Waals surface area contributed by atoms with E-state index in [1.54, 1.807) is 19.2 Å². The lowest BCUT2D eigenvalue weighted by Crippen LogP contribution is -2.33. The second-order valence-electron chi connectivity index (χ2n) is 5.71. The van der Waals surface area contributed by atoms with Gasteiger partial charge in [0.2, 0.25) is 11.8 Å². The Morgan fingerprint density at radius 3 is 2.58 bits per heavy atom. The summed E-state index contributed by atoms with van der Waals surface area (Å²) in [7, 11) is 1.64. The maximum absolute atomic E-state index is 12.0. The fourth-order valence-electron chi connectivity index (χ4n) is 2.51. The molecule has 0 spiro atoms. The van der Waals surface area contributed by atoms with Crippen LogP contribution in [0.15, 0.2) is 24.3 Å². The normalized spacial score (nSPS) is 17.0. The van der Waals surface area contributed by atoms with Crippen LogP contribution in [0.3, 0.4) is 0 Å². The first-order valence-corrected chi connectivity index (χ1v) is 8.00. The number of ether oxygens (including phenoxy) is 1. The number of hydrogen-bond acceptors (Lipinski definition) is 5. The van der Waals surface area contributed by atoms with E-state index in [2.05, 4.69) is 16.0 Å². The van der Waals surface area contributed by atoms with E-state index < -0.39 is 0 Å². The molecule has 0 bridgehead atoms. The largest absolute Gasteiger partial charge is 0.383 e. The Labute approximate surface area is 141 Å². The highest BCUT2D eigenvalue weighted by Gasteiger charge is 2.30. The Morgan fingerprint density at radius 1 is 1.21 bits per heavy atom.